The average Bonchev–Trinajstić information content (AvgIpc) is 2.79. The van der Waals surface area contributed by atoms with Gasteiger partial charge in [-0.3, -0.25) is 4.99 Å². The van der Waals surface area contributed by atoms with Crippen LogP contribution in [-0.2, 0) is 6.42 Å². The molecular formula is C15H22IN3O. The van der Waals surface area contributed by atoms with Crippen molar-refractivity contribution in [3.05, 3.63) is 36.1 Å². The first-order valence-corrected chi connectivity index (χ1v) is 6.63. The van der Waals surface area contributed by atoms with Crippen LogP contribution in [0, 0.1) is 0 Å². The van der Waals surface area contributed by atoms with E-state index in [9.17, 15) is 0 Å². The SMILES string of the molecule is CN=C(NCCc1cc2ccccc2o1)NC(C)C.I. The summed E-state index contributed by atoms with van der Waals surface area (Å²) in [7, 11) is 1.78. The molecule has 0 saturated carbocycles. The van der Waals surface area contributed by atoms with Crippen LogP contribution in [0.25, 0.3) is 11.0 Å². The minimum Gasteiger partial charge on any atom is -0.461 e. The van der Waals surface area contributed by atoms with Gasteiger partial charge in [0.2, 0.25) is 0 Å². The van der Waals surface area contributed by atoms with Crippen LogP contribution >= 0.6 is 24.0 Å². The summed E-state index contributed by atoms with van der Waals surface area (Å²) < 4.78 is 5.76. The van der Waals surface area contributed by atoms with Gasteiger partial charge >= 0.3 is 0 Å². The number of benzene rings is 1. The lowest BCUT2D eigenvalue weighted by molar-refractivity contribution is 0.544. The molecule has 0 amide bonds. The van der Waals surface area contributed by atoms with Crippen molar-refractivity contribution in [1.82, 2.24) is 10.6 Å². The van der Waals surface area contributed by atoms with Gasteiger partial charge in [-0.05, 0) is 26.0 Å². The molecule has 1 aromatic heterocycles. The van der Waals surface area contributed by atoms with Crippen LogP contribution in [0.15, 0.2) is 39.7 Å². The third-order valence-electron chi connectivity index (χ3n) is 2.79. The molecule has 0 radical (unpaired) electrons. The molecule has 0 aliphatic carbocycles. The maximum Gasteiger partial charge on any atom is 0.191 e. The van der Waals surface area contributed by atoms with Gasteiger partial charge in [-0.2, -0.15) is 0 Å². The van der Waals surface area contributed by atoms with Crippen LogP contribution in [-0.4, -0.2) is 25.6 Å². The van der Waals surface area contributed by atoms with Crippen LogP contribution in [0.3, 0.4) is 0 Å². The van der Waals surface area contributed by atoms with Crippen LogP contribution in [0.5, 0.6) is 0 Å². The van der Waals surface area contributed by atoms with Crippen LogP contribution < -0.4 is 10.6 Å². The van der Waals surface area contributed by atoms with E-state index in [-0.39, 0.29) is 24.0 Å². The molecule has 0 unspecified atom stereocenters. The summed E-state index contributed by atoms with van der Waals surface area (Å²) in [6.07, 6.45) is 0.841. The quantitative estimate of drug-likeness (QED) is 0.482. The van der Waals surface area contributed by atoms with Crippen molar-refractivity contribution in [2.75, 3.05) is 13.6 Å². The molecule has 1 aromatic carbocycles. The second-order valence-corrected chi connectivity index (χ2v) is 4.80. The van der Waals surface area contributed by atoms with Gasteiger partial charge in [0.05, 0.1) is 0 Å². The fourth-order valence-electron chi connectivity index (χ4n) is 1.93. The summed E-state index contributed by atoms with van der Waals surface area (Å²) in [6, 6.07) is 10.5. The number of aliphatic imine (C=N–C) groups is 1. The summed E-state index contributed by atoms with van der Waals surface area (Å²) in [5.74, 6) is 1.82. The molecule has 2 rings (SSSR count). The van der Waals surface area contributed by atoms with Gasteiger partial charge in [0.1, 0.15) is 11.3 Å². The van der Waals surface area contributed by atoms with Crippen molar-refractivity contribution in [3.63, 3.8) is 0 Å². The number of para-hydroxylation sites is 1. The summed E-state index contributed by atoms with van der Waals surface area (Å²) in [4.78, 5) is 4.17. The van der Waals surface area contributed by atoms with Crippen molar-refractivity contribution in [3.8, 4) is 0 Å². The second-order valence-electron chi connectivity index (χ2n) is 4.80. The molecule has 2 N–H and O–H groups in total. The lowest BCUT2D eigenvalue weighted by Crippen LogP contribution is -2.41. The van der Waals surface area contributed by atoms with Crippen molar-refractivity contribution in [2.45, 2.75) is 26.3 Å². The molecule has 2 aromatic rings. The standard InChI is InChI=1S/C15H21N3O.HI/c1-11(2)18-15(16-3)17-9-8-13-10-12-6-4-5-7-14(12)19-13;/h4-7,10-11H,8-9H2,1-3H3,(H2,16,17,18);1H. The van der Waals surface area contributed by atoms with E-state index < -0.39 is 0 Å². The summed E-state index contributed by atoms with van der Waals surface area (Å²) in [5.41, 5.74) is 0.946. The molecule has 0 fully saturated rings. The molecule has 20 heavy (non-hydrogen) atoms. The molecule has 5 heteroatoms. The number of guanidine groups is 1. The monoisotopic (exact) mass is 387 g/mol. The van der Waals surface area contributed by atoms with Gasteiger partial charge in [0.25, 0.3) is 0 Å². The zero-order valence-corrected chi connectivity index (χ0v) is 14.5. The molecule has 0 aliphatic heterocycles. The molecule has 0 atom stereocenters. The largest absolute Gasteiger partial charge is 0.461 e. The van der Waals surface area contributed by atoms with Gasteiger partial charge < -0.3 is 15.1 Å². The normalized spacial score (nSPS) is 11.5. The van der Waals surface area contributed by atoms with E-state index in [1.807, 2.05) is 18.2 Å². The van der Waals surface area contributed by atoms with E-state index >= 15 is 0 Å². The first-order chi connectivity index (χ1) is 9.19. The third-order valence-corrected chi connectivity index (χ3v) is 2.79. The first-order valence-electron chi connectivity index (χ1n) is 6.63. The molecule has 1 heterocycles. The summed E-state index contributed by atoms with van der Waals surface area (Å²) >= 11 is 0. The van der Waals surface area contributed by atoms with Crippen LogP contribution in [0.4, 0.5) is 0 Å². The number of nitrogens with one attached hydrogen (secondary N) is 2. The second kappa shape index (κ2) is 8.14. The Kier molecular flexibility index (Phi) is 6.84. The van der Waals surface area contributed by atoms with E-state index in [1.54, 1.807) is 7.05 Å². The number of halogens is 1. The van der Waals surface area contributed by atoms with Gasteiger partial charge in [0.15, 0.2) is 5.96 Å². The molecule has 0 bridgehead atoms. The number of nitrogens with zero attached hydrogens (tertiary/aromatic N) is 1. The lowest BCUT2D eigenvalue weighted by Gasteiger charge is -2.13. The minimum absolute atomic E-state index is 0. The Bertz CT molecular complexity index is 530. The molecule has 4 nitrogen and oxygen atoms in total. The van der Waals surface area contributed by atoms with Crippen molar-refractivity contribution in [2.24, 2.45) is 4.99 Å². The third kappa shape index (κ3) is 4.70. The van der Waals surface area contributed by atoms with E-state index in [0.29, 0.717) is 6.04 Å². The minimum atomic E-state index is 0. The smallest absolute Gasteiger partial charge is 0.191 e. The zero-order valence-electron chi connectivity index (χ0n) is 12.1. The number of furan rings is 1. The van der Waals surface area contributed by atoms with Gasteiger partial charge in [-0.15, -0.1) is 24.0 Å². The number of hydrogen-bond acceptors (Lipinski definition) is 2. The fourth-order valence-corrected chi connectivity index (χ4v) is 1.93. The lowest BCUT2D eigenvalue weighted by atomic mass is 10.2. The molecular weight excluding hydrogens is 365 g/mol. The Morgan fingerprint density at radius 3 is 2.70 bits per heavy atom. The van der Waals surface area contributed by atoms with E-state index in [0.717, 1.165) is 35.7 Å². The van der Waals surface area contributed by atoms with Crippen molar-refractivity contribution < 1.29 is 4.42 Å². The van der Waals surface area contributed by atoms with Gasteiger partial charge in [-0.25, -0.2) is 0 Å². The van der Waals surface area contributed by atoms with E-state index in [4.69, 9.17) is 4.42 Å². The maximum absolute atomic E-state index is 5.76. The van der Waals surface area contributed by atoms with E-state index in [1.165, 1.54) is 0 Å². The fraction of sp³-hybridized carbons (Fsp3) is 0.400. The predicted octanol–water partition coefficient (Wildman–Crippen LogP) is 3.17. The zero-order chi connectivity index (χ0) is 13.7. The highest BCUT2D eigenvalue weighted by atomic mass is 127. The molecule has 110 valence electrons. The van der Waals surface area contributed by atoms with E-state index in [2.05, 4.69) is 41.6 Å². The maximum atomic E-state index is 5.76. The topological polar surface area (TPSA) is 49.6 Å². The Morgan fingerprint density at radius 1 is 1.30 bits per heavy atom. The van der Waals surface area contributed by atoms with Crippen LogP contribution in [0.2, 0.25) is 0 Å². The number of rotatable bonds is 4. The Labute approximate surface area is 137 Å². The average molecular weight is 387 g/mol. The van der Waals surface area contributed by atoms with Crippen LogP contribution in [0.1, 0.15) is 19.6 Å². The Morgan fingerprint density at radius 2 is 2.05 bits per heavy atom. The Hall–Kier alpha value is -1.24. The van der Waals surface area contributed by atoms with Gasteiger partial charge in [-0.1, -0.05) is 18.2 Å². The highest BCUT2D eigenvalue weighted by Gasteiger charge is 2.04. The molecule has 0 spiro atoms. The highest BCUT2D eigenvalue weighted by Crippen LogP contribution is 2.18. The van der Waals surface area contributed by atoms with Crippen molar-refractivity contribution in [1.29, 1.82) is 0 Å². The Balaban J connectivity index is 0.00000200. The predicted molar refractivity (Wildman–Crippen MR) is 95.0 cm³/mol. The summed E-state index contributed by atoms with van der Waals surface area (Å²) in [6.45, 7) is 4.98. The highest BCUT2D eigenvalue weighted by molar-refractivity contribution is 14.0. The molecule has 0 aliphatic rings. The molecule has 0 saturated heterocycles. The van der Waals surface area contributed by atoms with Gasteiger partial charge in [0, 0.05) is 31.4 Å². The number of fused-ring (bicyclic) bond motifs is 1. The number of hydrogen-bond donors (Lipinski definition) is 2. The first kappa shape index (κ1) is 16.8. The van der Waals surface area contributed by atoms with Crippen molar-refractivity contribution >= 4 is 40.9 Å². The summed E-state index contributed by atoms with van der Waals surface area (Å²) in [5, 5.41) is 7.68.